The third-order valence-electron chi connectivity index (χ3n) is 7.56. The molecule has 0 radical (unpaired) electrons. The SMILES string of the molecule is COC(C)(C)C(=O)CC1CCC(CCN2CCN(c3cccc4c3OCO4)CC2)CC1. The van der Waals surface area contributed by atoms with E-state index in [2.05, 4.69) is 21.9 Å². The summed E-state index contributed by atoms with van der Waals surface area (Å²) in [7, 11) is 1.63. The van der Waals surface area contributed by atoms with Crippen molar-refractivity contribution in [1.29, 1.82) is 0 Å². The molecule has 0 amide bonds. The van der Waals surface area contributed by atoms with Crippen LogP contribution < -0.4 is 14.4 Å². The molecule has 2 heterocycles. The Morgan fingerprint density at radius 1 is 1.06 bits per heavy atom. The van der Waals surface area contributed by atoms with Crippen LogP contribution in [0.3, 0.4) is 0 Å². The average molecular weight is 431 g/mol. The van der Waals surface area contributed by atoms with Crippen LogP contribution in [0, 0.1) is 11.8 Å². The van der Waals surface area contributed by atoms with Gasteiger partial charge in [0.25, 0.3) is 0 Å². The number of fused-ring (bicyclic) bond motifs is 1. The Morgan fingerprint density at radius 3 is 2.48 bits per heavy atom. The number of para-hydroxylation sites is 1. The van der Waals surface area contributed by atoms with Gasteiger partial charge in [0.05, 0.1) is 5.69 Å². The highest BCUT2D eigenvalue weighted by Gasteiger charge is 2.31. The molecule has 1 aliphatic carbocycles. The summed E-state index contributed by atoms with van der Waals surface area (Å²) >= 11 is 0. The van der Waals surface area contributed by atoms with E-state index in [1.807, 2.05) is 19.9 Å². The minimum Gasteiger partial charge on any atom is -0.454 e. The zero-order valence-electron chi connectivity index (χ0n) is 19.4. The lowest BCUT2D eigenvalue weighted by Gasteiger charge is -2.37. The molecule has 3 aliphatic rings. The highest BCUT2D eigenvalue weighted by Crippen LogP contribution is 2.41. The molecule has 2 fully saturated rings. The van der Waals surface area contributed by atoms with E-state index in [0.717, 1.165) is 43.6 Å². The predicted molar refractivity (Wildman–Crippen MR) is 122 cm³/mol. The molecule has 0 aromatic heterocycles. The van der Waals surface area contributed by atoms with Crippen molar-refractivity contribution in [3.05, 3.63) is 18.2 Å². The van der Waals surface area contributed by atoms with Gasteiger partial charge >= 0.3 is 0 Å². The van der Waals surface area contributed by atoms with Gasteiger partial charge in [0.1, 0.15) is 5.60 Å². The summed E-state index contributed by atoms with van der Waals surface area (Å²) < 4.78 is 16.6. The van der Waals surface area contributed by atoms with Gasteiger partial charge in [-0.05, 0) is 63.6 Å². The number of carbonyl (C=O) groups is 1. The maximum Gasteiger partial charge on any atom is 0.231 e. The van der Waals surface area contributed by atoms with Gasteiger partial charge in [-0.15, -0.1) is 0 Å². The standard InChI is InChI=1S/C25H38N2O4/c1-25(2,29-3)23(28)17-20-9-7-19(8-10-20)11-12-26-13-15-27(16-14-26)21-5-4-6-22-24(21)31-18-30-22/h4-6,19-20H,7-18H2,1-3H3. The molecule has 0 N–H and O–H groups in total. The van der Waals surface area contributed by atoms with Gasteiger partial charge in [-0.2, -0.15) is 0 Å². The number of ketones is 1. The Bertz CT molecular complexity index is 750. The first-order valence-electron chi connectivity index (χ1n) is 11.9. The number of Topliss-reactive ketones (excluding diaryl/α,β-unsaturated/α-hetero) is 1. The molecule has 6 heteroatoms. The number of rotatable bonds is 8. The lowest BCUT2D eigenvalue weighted by atomic mass is 9.77. The summed E-state index contributed by atoms with van der Waals surface area (Å²) in [6.45, 7) is 9.53. The van der Waals surface area contributed by atoms with Gasteiger partial charge in [-0.25, -0.2) is 0 Å². The summed E-state index contributed by atoms with van der Waals surface area (Å²) in [6.07, 6.45) is 6.85. The molecule has 172 valence electrons. The Morgan fingerprint density at radius 2 is 1.77 bits per heavy atom. The molecular formula is C25H38N2O4. The molecule has 2 aliphatic heterocycles. The predicted octanol–water partition coefficient (Wildman–Crippen LogP) is 4.12. The fraction of sp³-hybridized carbons (Fsp3) is 0.720. The van der Waals surface area contributed by atoms with Crippen LogP contribution in [0.15, 0.2) is 18.2 Å². The number of nitrogens with zero attached hydrogens (tertiary/aromatic N) is 2. The number of hydrogen-bond acceptors (Lipinski definition) is 6. The molecule has 6 nitrogen and oxygen atoms in total. The molecule has 0 bridgehead atoms. The van der Waals surface area contributed by atoms with Gasteiger partial charge in [0.15, 0.2) is 17.3 Å². The first-order valence-corrected chi connectivity index (χ1v) is 11.9. The molecule has 0 unspecified atom stereocenters. The summed E-state index contributed by atoms with van der Waals surface area (Å²) in [5.74, 6) is 3.36. The van der Waals surface area contributed by atoms with Gasteiger partial charge < -0.3 is 19.1 Å². The summed E-state index contributed by atoms with van der Waals surface area (Å²) in [5.41, 5.74) is 0.525. The molecule has 31 heavy (non-hydrogen) atoms. The van der Waals surface area contributed by atoms with E-state index in [9.17, 15) is 4.79 Å². The van der Waals surface area contributed by atoms with Crippen molar-refractivity contribution in [2.45, 2.75) is 58.0 Å². The van der Waals surface area contributed by atoms with Crippen LogP contribution in [0.4, 0.5) is 5.69 Å². The van der Waals surface area contributed by atoms with Gasteiger partial charge in [-0.3, -0.25) is 9.69 Å². The first kappa shape index (κ1) is 22.4. The van der Waals surface area contributed by atoms with Crippen molar-refractivity contribution in [3.8, 4) is 11.5 Å². The Hall–Kier alpha value is -1.79. The molecule has 1 saturated carbocycles. The second kappa shape index (κ2) is 9.78. The second-order valence-electron chi connectivity index (χ2n) is 9.86. The number of piperazine rings is 1. The van der Waals surface area contributed by atoms with E-state index in [1.54, 1.807) is 7.11 Å². The molecule has 0 spiro atoms. The number of anilines is 1. The van der Waals surface area contributed by atoms with Gasteiger partial charge in [0.2, 0.25) is 6.79 Å². The fourth-order valence-corrected chi connectivity index (χ4v) is 5.09. The highest BCUT2D eigenvalue weighted by molar-refractivity contribution is 5.86. The lowest BCUT2D eigenvalue weighted by Crippen LogP contribution is -2.47. The monoisotopic (exact) mass is 430 g/mol. The highest BCUT2D eigenvalue weighted by atomic mass is 16.7. The van der Waals surface area contributed by atoms with Crippen LogP contribution in [0.2, 0.25) is 0 Å². The third-order valence-corrected chi connectivity index (χ3v) is 7.56. The van der Waals surface area contributed by atoms with Crippen LogP contribution in [-0.2, 0) is 9.53 Å². The zero-order chi connectivity index (χ0) is 21.8. The lowest BCUT2D eigenvalue weighted by molar-refractivity contribution is -0.138. The summed E-state index contributed by atoms with van der Waals surface area (Å²) in [5, 5.41) is 0. The van der Waals surface area contributed by atoms with Crippen molar-refractivity contribution in [2.75, 3.05) is 51.5 Å². The van der Waals surface area contributed by atoms with Crippen molar-refractivity contribution in [1.82, 2.24) is 4.90 Å². The van der Waals surface area contributed by atoms with Crippen LogP contribution in [-0.4, -0.2) is 62.9 Å². The minimum atomic E-state index is -0.641. The number of carbonyl (C=O) groups excluding carboxylic acids is 1. The second-order valence-corrected chi connectivity index (χ2v) is 9.86. The third kappa shape index (κ3) is 5.35. The molecule has 0 atom stereocenters. The topological polar surface area (TPSA) is 51.2 Å². The van der Waals surface area contributed by atoms with Crippen molar-refractivity contribution in [3.63, 3.8) is 0 Å². The molecule has 1 aromatic carbocycles. The van der Waals surface area contributed by atoms with Crippen LogP contribution in [0.5, 0.6) is 11.5 Å². The molecular weight excluding hydrogens is 392 g/mol. The van der Waals surface area contributed by atoms with Crippen LogP contribution in [0.1, 0.15) is 52.4 Å². The Kier molecular flexibility index (Phi) is 7.07. The maximum atomic E-state index is 12.4. The molecule has 1 aromatic rings. The van der Waals surface area contributed by atoms with Gasteiger partial charge in [0, 0.05) is 39.7 Å². The first-order chi connectivity index (χ1) is 15.0. The van der Waals surface area contributed by atoms with E-state index in [-0.39, 0.29) is 5.78 Å². The van der Waals surface area contributed by atoms with E-state index < -0.39 is 5.60 Å². The van der Waals surface area contributed by atoms with E-state index >= 15 is 0 Å². The summed E-state index contributed by atoms with van der Waals surface area (Å²) in [6, 6.07) is 6.17. The maximum absolute atomic E-state index is 12.4. The normalized spacial score (nSPS) is 24.4. The van der Waals surface area contributed by atoms with Crippen LogP contribution >= 0.6 is 0 Å². The molecule has 1 saturated heterocycles. The van der Waals surface area contributed by atoms with Crippen molar-refractivity contribution < 1.29 is 19.0 Å². The minimum absolute atomic E-state index is 0.248. The average Bonchev–Trinajstić information content (AvgIpc) is 3.28. The van der Waals surface area contributed by atoms with E-state index in [4.69, 9.17) is 14.2 Å². The largest absolute Gasteiger partial charge is 0.454 e. The number of benzene rings is 1. The van der Waals surface area contributed by atoms with Gasteiger partial charge in [-0.1, -0.05) is 18.9 Å². The quantitative estimate of drug-likeness (QED) is 0.618. The van der Waals surface area contributed by atoms with Crippen LogP contribution in [0.25, 0.3) is 0 Å². The van der Waals surface area contributed by atoms with E-state index in [1.165, 1.54) is 44.3 Å². The smallest absolute Gasteiger partial charge is 0.231 e. The number of methoxy groups -OCH3 is 1. The van der Waals surface area contributed by atoms with Crippen molar-refractivity contribution >= 4 is 11.5 Å². The summed E-state index contributed by atoms with van der Waals surface area (Å²) in [4.78, 5) is 17.4. The number of hydrogen-bond donors (Lipinski definition) is 0. The Balaban J connectivity index is 1.16. The number of ether oxygens (including phenoxy) is 3. The Labute approximate surface area is 186 Å². The fourth-order valence-electron chi connectivity index (χ4n) is 5.09. The van der Waals surface area contributed by atoms with E-state index in [0.29, 0.717) is 19.1 Å². The molecule has 4 rings (SSSR count). The zero-order valence-corrected chi connectivity index (χ0v) is 19.4. The van der Waals surface area contributed by atoms with Crippen molar-refractivity contribution in [2.24, 2.45) is 11.8 Å².